The van der Waals surface area contributed by atoms with Crippen LogP contribution < -0.4 is 5.32 Å². The van der Waals surface area contributed by atoms with Gasteiger partial charge in [0.05, 0.1) is 0 Å². The molecule has 2 aromatic rings. The monoisotopic (exact) mass is 329 g/mol. The predicted octanol–water partition coefficient (Wildman–Crippen LogP) is 3.74. The second kappa shape index (κ2) is 7.07. The van der Waals surface area contributed by atoms with E-state index in [-0.39, 0.29) is 17.7 Å². The maximum Gasteiger partial charge on any atom is 0.375 e. The molecule has 5 nitrogen and oxygen atoms in total. The first kappa shape index (κ1) is 16.6. The molecule has 1 amide bonds. The molecular weight excluding hydrogens is 306 g/mol. The van der Waals surface area contributed by atoms with E-state index >= 15 is 0 Å². The van der Waals surface area contributed by atoms with Gasteiger partial charge in [-0.2, -0.15) is 0 Å². The molecule has 24 heavy (non-hydrogen) atoms. The number of hydrogen-bond acceptors (Lipinski definition) is 4. The van der Waals surface area contributed by atoms with Crippen molar-refractivity contribution in [1.82, 2.24) is 5.32 Å². The largest absolute Gasteiger partial charge is 0.449 e. The first-order valence-electron chi connectivity index (χ1n) is 8.55. The van der Waals surface area contributed by atoms with Crippen molar-refractivity contribution >= 4 is 22.8 Å². The zero-order chi connectivity index (χ0) is 17.1. The Labute approximate surface area is 141 Å². The van der Waals surface area contributed by atoms with Crippen LogP contribution in [0.25, 0.3) is 11.0 Å². The van der Waals surface area contributed by atoms with Crippen molar-refractivity contribution < 1.29 is 18.7 Å². The van der Waals surface area contributed by atoms with E-state index in [1.165, 1.54) is 6.42 Å². The Bertz CT molecular complexity index is 743. The Morgan fingerprint density at radius 2 is 1.92 bits per heavy atom. The van der Waals surface area contributed by atoms with Gasteiger partial charge in [-0.25, -0.2) is 4.79 Å². The average Bonchev–Trinajstić information content (AvgIpc) is 2.93. The molecule has 128 valence electrons. The lowest BCUT2D eigenvalue weighted by atomic mass is 9.95. The molecule has 0 spiro atoms. The molecule has 1 aromatic carbocycles. The zero-order valence-electron chi connectivity index (χ0n) is 14.1. The highest BCUT2D eigenvalue weighted by Gasteiger charge is 2.25. The number of ether oxygens (including phenoxy) is 1. The Hall–Kier alpha value is -2.30. The molecule has 0 bridgehead atoms. The number of esters is 1. The summed E-state index contributed by atoms with van der Waals surface area (Å²) in [5, 5.41) is 3.85. The third-order valence-corrected chi connectivity index (χ3v) is 4.63. The van der Waals surface area contributed by atoms with Gasteiger partial charge < -0.3 is 14.5 Å². The van der Waals surface area contributed by atoms with Gasteiger partial charge in [-0.1, -0.05) is 37.5 Å². The summed E-state index contributed by atoms with van der Waals surface area (Å²) in [5.41, 5.74) is 1.37. The second-order valence-electron chi connectivity index (χ2n) is 6.44. The molecule has 1 aromatic heterocycles. The van der Waals surface area contributed by atoms with Crippen molar-refractivity contribution in [1.29, 1.82) is 0 Å². The lowest BCUT2D eigenvalue weighted by Crippen LogP contribution is -2.42. The molecule has 0 saturated heterocycles. The Morgan fingerprint density at radius 1 is 1.21 bits per heavy atom. The summed E-state index contributed by atoms with van der Waals surface area (Å²) in [4.78, 5) is 24.6. The van der Waals surface area contributed by atoms with E-state index < -0.39 is 12.1 Å². The molecule has 1 N–H and O–H groups in total. The molecular formula is C19H23NO4. The second-order valence-corrected chi connectivity index (χ2v) is 6.44. The first-order valence-corrected chi connectivity index (χ1v) is 8.55. The van der Waals surface area contributed by atoms with Crippen LogP contribution in [0.15, 0.2) is 28.7 Å². The SMILES string of the molecule is Cc1c(C(=O)OC(C)C(=O)NC2CCCCC2)oc2ccccc12. The van der Waals surface area contributed by atoms with Crippen molar-refractivity contribution in [2.75, 3.05) is 0 Å². The van der Waals surface area contributed by atoms with Crippen molar-refractivity contribution in [3.63, 3.8) is 0 Å². The minimum Gasteiger partial charge on any atom is -0.449 e. The highest BCUT2D eigenvalue weighted by molar-refractivity contribution is 5.97. The van der Waals surface area contributed by atoms with Gasteiger partial charge in [0.1, 0.15) is 5.58 Å². The minimum atomic E-state index is -0.841. The van der Waals surface area contributed by atoms with Crippen molar-refractivity contribution in [2.24, 2.45) is 0 Å². The lowest BCUT2D eigenvalue weighted by molar-refractivity contribution is -0.130. The van der Waals surface area contributed by atoms with E-state index in [9.17, 15) is 9.59 Å². The highest BCUT2D eigenvalue weighted by Crippen LogP contribution is 2.25. The summed E-state index contributed by atoms with van der Waals surface area (Å²) < 4.78 is 10.9. The summed E-state index contributed by atoms with van der Waals surface area (Å²) in [6, 6.07) is 7.63. The van der Waals surface area contributed by atoms with Gasteiger partial charge in [-0.3, -0.25) is 4.79 Å². The molecule has 0 aliphatic heterocycles. The van der Waals surface area contributed by atoms with Crippen molar-refractivity contribution in [2.45, 2.75) is 58.1 Å². The van der Waals surface area contributed by atoms with E-state index in [2.05, 4.69) is 5.32 Å². The number of amides is 1. The van der Waals surface area contributed by atoms with E-state index in [4.69, 9.17) is 9.15 Å². The molecule has 1 atom stereocenters. The van der Waals surface area contributed by atoms with Crippen LogP contribution in [0.1, 0.15) is 55.1 Å². The Balaban J connectivity index is 1.64. The van der Waals surface area contributed by atoms with Crippen molar-refractivity contribution in [3.8, 4) is 0 Å². The van der Waals surface area contributed by atoms with Crippen LogP contribution in [0.5, 0.6) is 0 Å². The standard InChI is InChI=1S/C19H23NO4/c1-12-15-10-6-7-11-16(15)24-17(12)19(22)23-13(2)18(21)20-14-8-4-3-5-9-14/h6-7,10-11,13-14H,3-5,8-9H2,1-2H3,(H,20,21). The van der Waals surface area contributed by atoms with Crippen LogP contribution in [0.2, 0.25) is 0 Å². The molecule has 1 aliphatic rings. The van der Waals surface area contributed by atoms with Gasteiger partial charge >= 0.3 is 5.97 Å². The first-order chi connectivity index (χ1) is 11.6. The van der Waals surface area contributed by atoms with Crippen LogP contribution in [-0.2, 0) is 9.53 Å². The number of furan rings is 1. The van der Waals surface area contributed by atoms with E-state index in [0.29, 0.717) is 5.58 Å². The normalized spacial score (nSPS) is 16.8. The quantitative estimate of drug-likeness (QED) is 0.868. The number of carbonyl (C=O) groups excluding carboxylic acids is 2. The maximum absolute atomic E-state index is 12.3. The fourth-order valence-electron chi connectivity index (χ4n) is 3.20. The molecule has 3 rings (SSSR count). The van der Waals surface area contributed by atoms with Gasteiger partial charge in [-0.05, 0) is 32.8 Å². The summed E-state index contributed by atoms with van der Waals surface area (Å²) in [6.07, 6.45) is 4.65. The summed E-state index contributed by atoms with van der Waals surface area (Å²) in [6.45, 7) is 3.41. The van der Waals surface area contributed by atoms with Gasteiger partial charge in [0.2, 0.25) is 5.76 Å². The van der Waals surface area contributed by atoms with Crippen LogP contribution in [-0.4, -0.2) is 24.0 Å². The summed E-state index contributed by atoms with van der Waals surface area (Å²) >= 11 is 0. The number of nitrogens with one attached hydrogen (secondary N) is 1. The third kappa shape index (κ3) is 3.45. The highest BCUT2D eigenvalue weighted by atomic mass is 16.6. The minimum absolute atomic E-state index is 0.161. The smallest absolute Gasteiger partial charge is 0.375 e. The summed E-state index contributed by atoms with van der Waals surface area (Å²) in [5.74, 6) is -0.687. The third-order valence-electron chi connectivity index (χ3n) is 4.63. The van der Waals surface area contributed by atoms with Crippen LogP contribution in [0, 0.1) is 6.92 Å². The lowest BCUT2D eigenvalue weighted by Gasteiger charge is -2.24. The zero-order valence-corrected chi connectivity index (χ0v) is 14.1. The molecule has 5 heteroatoms. The van der Waals surface area contributed by atoms with E-state index in [1.807, 2.05) is 25.1 Å². The fourth-order valence-corrected chi connectivity index (χ4v) is 3.20. The number of rotatable bonds is 4. The van der Waals surface area contributed by atoms with Gasteiger partial charge in [0.25, 0.3) is 5.91 Å². The van der Waals surface area contributed by atoms with Gasteiger partial charge in [0, 0.05) is 17.0 Å². The van der Waals surface area contributed by atoms with Crippen molar-refractivity contribution in [3.05, 3.63) is 35.6 Å². The van der Waals surface area contributed by atoms with Crippen LogP contribution in [0.4, 0.5) is 0 Å². The number of benzene rings is 1. The number of hydrogen-bond donors (Lipinski definition) is 1. The fraction of sp³-hybridized carbons (Fsp3) is 0.474. The predicted molar refractivity (Wildman–Crippen MR) is 90.8 cm³/mol. The topological polar surface area (TPSA) is 68.5 Å². The van der Waals surface area contributed by atoms with E-state index in [1.54, 1.807) is 13.0 Å². The Morgan fingerprint density at radius 3 is 2.62 bits per heavy atom. The summed E-state index contributed by atoms with van der Waals surface area (Å²) in [7, 11) is 0. The molecule has 1 heterocycles. The van der Waals surface area contributed by atoms with Crippen LogP contribution >= 0.6 is 0 Å². The number of para-hydroxylation sites is 1. The van der Waals surface area contributed by atoms with Crippen LogP contribution in [0.3, 0.4) is 0 Å². The molecule has 1 aliphatic carbocycles. The molecule has 1 unspecified atom stereocenters. The number of carbonyl (C=O) groups is 2. The van der Waals surface area contributed by atoms with E-state index in [0.717, 1.165) is 36.6 Å². The number of aryl methyl sites for hydroxylation is 1. The number of fused-ring (bicyclic) bond motifs is 1. The van der Waals surface area contributed by atoms with Gasteiger partial charge in [0.15, 0.2) is 6.10 Å². The molecule has 1 fully saturated rings. The Kier molecular flexibility index (Phi) is 4.88. The maximum atomic E-state index is 12.3. The molecule has 1 saturated carbocycles. The average molecular weight is 329 g/mol. The van der Waals surface area contributed by atoms with Gasteiger partial charge in [-0.15, -0.1) is 0 Å². The molecule has 0 radical (unpaired) electrons.